The first kappa shape index (κ1) is 18.1. The molecule has 0 atom stereocenters. The third-order valence-electron chi connectivity index (χ3n) is 3.56. The Kier molecular flexibility index (Phi) is 5.35. The number of alkyl halides is 3. The highest BCUT2D eigenvalue weighted by molar-refractivity contribution is 5.42. The second-order valence-electron chi connectivity index (χ2n) is 5.37. The van der Waals surface area contributed by atoms with E-state index in [1.54, 1.807) is 4.90 Å². The Labute approximate surface area is 145 Å². The van der Waals surface area contributed by atoms with Gasteiger partial charge in [-0.2, -0.15) is 23.3 Å². The van der Waals surface area contributed by atoms with Crippen molar-refractivity contribution < 1.29 is 22.3 Å². The van der Waals surface area contributed by atoms with Gasteiger partial charge in [-0.25, -0.2) is 9.37 Å². The number of hydrogen-bond acceptors (Lipinski definition) is 7. The Bertz CT molecular complexity index is 792. The molecule has 26 heavy (non-hydrogen) atoms. The molecular weight excluding hydrogens is 356 g/mol. The van der Waals surface area contributed by atoms with Crippen LogP contribution in [0.15, 0.2) is 34.8 Å². The van der Waals surface area contributed by atoms with Crippen LogP contribution in [0.4, 0.5) is 29.3 Å². The fraction of sp³-hybridized carbons (Fsp3) is 0.400. The summed E-state index contributed by atoms with van der Waals surface area (Å²) in [6, 6.07) is 1.77. The van der Waals surface area contributed by atoms with Crippen molar-refractivity contribution in [3.8, 4) is 0 Å². The van der Waals surface area contributed by atoms with Gasteiger partial charge in [0.1, 0.15) is 6.54 Å². The van der Waals surface area contributed by atoms with Gasteiger partial charge >= 0.3 is 6.18 Å². The van der Waals surface area contributed by atoms with E-state index in [1.807, 2.05) is 0 Å². The molecule has 0 aliphatic carbocycles. The number of aromatic nitrogens is 3. The maximum absolute atomic E-state index is 13.9. The predicted octanol–water partition coefficient (Wildman–Crippen LogP) is 3.15. The molecule has 0 amide bonds. The molecule has 0 spiro atoms. The third-order valence-corrected chi connectivity index (χ3v) is 3.56. The van der Waals surface area contributed by atoms with Gasteiger partial charge in [-0.1, -0.05) is 0 Å². The minimum atomic E-state index is -4.46. The van der Waals surface area contributed by atoms with Crippen LogP contribution in [0.5, 0.6) is 0 Å². The van der Waals surface area contributed by atoms with E-state index in [-0.39, 0.29) is 24.0 Å². The van der Waals surface area contributed by atoms with Gasteiger partial charge in [-0.15, -0.1) is 5.11 Å². The highest BCUT2D eigenvalue weighted by atomic mass is 19.4. The van der Waals surface area contributed by atoms with E-state index in [9.17, 15) is 17.6 Å². The number of nitrogens with zero attached hydrogens (tertiary/aromatic N) is 6. The van der Waals surface area contributed by atoms with Gasteiger partial charge in [-0.05, 0) is 12.1 Å². The van der Waals surface area contributed by atoms with Crippen LogP contribution in [-0.4, -0.2) is 41.3 Å². The van der Waals surface area contributed by atoms with Crippen LogP contribution in [0.2, 0.25) is 0 Å². The van der Waals surface area contributed by atoms with Crippen molar-refractivity contribution in [2.45, 2.75) is 12.7 Å². The Morgan fingerprint density at radius 3 is 2.69 bits per heavy atom. The maximum atomic E-state index is 13.9. The molecule has 0 unspecified atom stereocenters. The summed E-state index contributed by atoms with van der Waals surface area (Å²) in [5, 5.41) is 7.50. The van der Waals surface area contributed by atoms with Crippen LogP contribution in [0.3, 0.4) is 0 Å². The zero-order chi connectivity index (χ0) is 18.6. The van der Waals surface area contributed by atoms with Crippen LogP contribution in [0.1, 0.15) is 11.3 Å². The Morgan fingerprint density at radius 1 is 1.19 bits per heavy atom. The zero-order valence-electron chi connectivity index (χ0n) is 13.4. The molecule has 1 saturated heterocycles. The van der Waals surface area contributed by atoms with E-state index in [0.29, 0.717) is 26.3 Å². The molecule has 0 aromatic carbocycles. The first-order chi connectivity index (χ1) is 12.4. The highest BCUT2D eigenvalue weighted by Crippen LogP contribution is 2.29. The van der Waals surface area contributed by atoms with E-state index < -0.39 is 17.6 Å². The second-order valence-corrected chi connectivity index (χ2v) is 5.37. The average Bonchev–Trinajstić information content (AvgIpc) is 2.63. The van der Waals surface area contributed by atoms with E-state index >= 15 is 0 Å². The molecular formula is C15H14F4N6O. The topological polar surface area (TPSA) is 75.9 Å². The largest absolute Gasteiger partial charge is 0.416 e. The van der Waals surface area contributed by atoms with E-state index in [1.165, 1.54) is 0 Å². The average molecular weight is 370 g/mol. The van der Waals surface area contributed by atoms with Crippen molar-refractivity contribution in [3.63, 3.8) is 0 Å². The lowest BCUT2D eigenvalue weighted by Crippen LogP contribution is -2.37. The third kappa shape index (κ3) is 4.48. The normalized spacial score (nSPS) is 15.6. The van der Waals surface area contributed by atoms with Crippen LogP contribution in [-0.2, 0) is 17.5 Å². The first-order valence-corrected chi connectivity index (χ1v) is 7.68. The first-order valence-electron chi connectivity index (χ1n) is 7.68. The molecule has 2 aromatic rings. The lowest BCUT2D eigenvalue weighted by atomic mass is 10.2. The number of halogens is 4. The van der Waals surface area contributed by atoms with Crippen molar-refractivity contribution in [3.05, 3.63) is 41.6 Å². The van der Waals surface area contributed by atoms with Gasteiger partial charge in [0.15, 0.2) is 11.6 Å². The molecule has 1 fully saturated rings. The number of pyridine rings is 1. The quantitative estimate of drug-likeness (QED) is 0.610. The summed E-state index contributed by atoms with van der Waals surface area (Å²) in [6.45, 7) is 1.71. The van der Waals surface area contributed by atoms with Gasteiger partial charge in [0.05, 0.1) is 30.7 Å². The predicted molar refractivity (Wildman–Crippen MR) is 82.5 cm³/mol. The Balaban J connectivity index is 1.71. The number of hydrogen-bond donors (Lipinski definition) is 0. The number of azo groups is 1. The molecule has 0 N–H and O–H groups in total. The fourth-order valence-corrected chi connectivity index (χ4v) is 2.31. The van der Waals surface area contributed by atoms with Crippen molar-refractivity contribution in [2.24, 2.45) is 10.2 Å². The van der Waals surface area contributed by atoms with Crippen molar-refractivity contribution in [2.75, 3.05) is 31.2 Å². The van der Waals surface area contributed by atoms with Crippen LogP contribution in [0.25, 0.3) is 0 Å². The number of ether oxygens (including phenoxy) is 1. The molecule has 1 aliphatic heterocycles. The SMILES string of the molecule is Fc1cnc(N=NCc2cc(C(F)(F)F)ccn2)nc1N1CCOCC1. The van der Waals surface area contributed by atoms with Crippen molar-refractivity contribution in [1.82, 2.24) is 15.0 Å². The van der Waals surface area contributed by atoms with Crippen LogP contribution < -0.4 is 4.90 Å². The molecule has 0 bridgehead atoms. The van der Waals surface area contributed by atoms with Gasteiger partial charge in [0.2, 0.25) is 0 Å². The molecule has 138 valence electrons. The summed E-state index contributed by atoms with van der Waals surface area (Å²) < 4.78 is 57.1. The summed E-state index contributed by atoms with van der Waals surface area (Å²) in [6.07, 6.45) is -2.42. The summed E-state index contributed by atoms with van der Waals surface area (Å²) in [5.74, 6) is -0.584. The van der Waals surface area contributed by atoms with E-state index in [0.717, 1.165) is 24.5 Å². The van der Waals surface area contributed by atoms with Gasteiger partial charge in [-0.3, -0.25) is 4.98 Å². The Hall–Kier alpha value is -2.69. The van der Waals surface area contributed by atoms with Gasteiger partial charge < -0.3 is 9.64 Å². The number of rotatable bonds is 4. The van der Waals surface area contributed by atoms with Gasteiger partial charge in [0.25, 0.3) is 5.95 Å². The number of morpholine rings is 1. The highest BCUT2D eigenvalue weighted by Gasteiger charge is 2.30. The van der Waals surface area contributed by atoms with Crippen molar-refractivity contribution >= 4 is 11.8 Å². The zero-order valence-corrected chi connectivity index (χ0v) is 13.4. The van der Waals surface area contributed by atoms with Crippen molar-refractivity contribution in [1.29, 1.82) is 0 Å². The smallest absolute Gasteiger partial charge is 0.378 e. The second kappa shape index (κ2) is 7.68. The molecule has 0 radical (unpaired) electrons. The molecule has 3 heterocycles. The van der Waals surface area contributed by atoms with Gasteiger partial charge in [0, 0.05) is 19.3 Å². The molecule has 1 aliphatic rings. The minimum Gasteiger partial charge on any atom is -0.378 e. The Morgan fingerprint density at radius 2 is 1.96 bits per heavy atom. The molecule has 11 heteroatoms. The maximum Gasteiger partial charge on any atom is 0.416 e. The number of anilines is 1. The molecule has 3 rings (SSSR count). The van der Waals surface area contributed by atoms with Crippen LogP contribution in [0, 0.1) is 5.82 Å². The molecule has 0 saturated carbocycles. The summed E-state index contributed by atoms with van der Waals surface area (Å²) >= 11 is 0. The summed E-state index contributed by atoms with van der Waals surface area (Å²) in [4.78, 5) is 13.2. The lowest BCUT2D eigenvalue weighted by molar-refractivity contribution is -0.137. The van der Waals surface area contributed by atoms with E-state index in [2.05, 4.69) is 25.2 Å². The lowest BCUT2D eigenvalue weighted by Gasteiger charge is -2.27. The minimum absolute atomic E-state index is 0.0835. The van der Waals surface area contributed by atoms with E-state index in [4.69, 9.17) is 4.74 Å². The fourth-order valence-electron chi connectivity index (χ4n) is 2.31. The van der Waals surface area contributed by atoms with Crippen LogP contribution >= 0.6 is 0 Å². The summed E-state index contributed by atoms with van der Waals surface area (Å²) in [7, 11) is 0. The molecule has 2 aromatic heterocycles. The molecule has 7 nitrogen and oxygen atoms in total. The standard InChI is InChI=1S/C15H14F4N6O/c16-12-9-21-14(23-13(12)25-3-5-26-6-4-25)24-22-8-11-7-10(1-2-20-11)15(17,18)19/h1-2,7,9H,3-6,8H2. The monoisotopic (exact) mass is 370 g/mol. The summed E-state index contributed by atoms with van der Waals surface area (Å²) in [5.41, 5.74) is -0.718.